The van der Waals surface area contributed by atoms with Gasteiger partial charge in [-0.15, -0.1) is 0 Å². The van der Waals surface area contributed by atoms with Crippen LogP contribution in [0.25, 0.3) is 10.8 Å². The van der Waals surface area contributed by atoms with E-state index < -0.39 is 0 Å². The molecule has 158 valence electrons. The van der Waals surface area contributed by atoms with Crippen molar-refractivity contribution in [2.24, 2.45) is 4.99 Å². The molecule has 2 aliphatic heterocycles. The van der Waals surface area contributed by atoms with Gasteiger partial charge in [-0.1, -0.05) is 24.3 Å². The Balaban J connectivity index is 1.11. The van der Waals surface area contributed by atoms with E-state index in [-0.39, 0.29) is 11.7 Å². The van der Waals surface area contributed by atoms with E-state index in [1.807, 2.05) is 36.4 Å². The summed E-state index contributed by atoms with van der Waals surface area (Å²) in [6.07, 6.45) is 2.50. The number of halogens is 1. The second-order valence-electron chi connectivity index (χ2n) is 7.96. The highest BCUT2D eigenvalue weighted by Gasteiger charge is 2.20. The highest BCUT2D eigenvalue weighted by atomic mass is 19.1. The van der Waals surface area contributed by atoms with Crippen molar-refractivity contribution >= 4 is 28.6 Å². The maximum Gasteiger partial charge on any atom is 0.277 e. The normalized spacial score (nSPS) is 16.2. The SMILES string of the molecule is O=C1N=Cc2ccc(OCCCN3CCN(c4cccc5cccc(F)c45)CC3)cc21. The van der Waals surface area contributed by atoms with Crippen LogP contribution in [0.3, 0.4) is 0 Å². The molecule has 31 heavy (non-hydrogen) atoms. The Morgan fingerprint density at radius 1 is 1.00 bits per heavy atom. The third-order valence-corrected chi connectivity index (χ3v) is 6.01. The van der Waals surface area contributed by atoms with Gasteiger partial charge in [0.2, 0.25) is 0 Å². The summed E-state index contributed by atoms with van der Waals surface area (Å²) in [7, 11) is 0. The highest BCUT2D eigenvalue weighted by Crippen LogP contribution is 2.30. The smallest absolute Gasteiger partial charge is 0.277 e. The number of hydrogen-bond acceptors (Lipinski definition) is 4. The molecule has 1 fully saturated rings. The van der Waals surface area contributed by atoms with E-state index >= 15 is 0 Å². The van der Waals surface area contributed by atoms with Crippen LogP contribution >= 0.6 is 0 Å². The number of carbonyl (C=O) groups is 1. The van der Waals surface area contributed by atoms with E-state index in [9.17, 15) is 9.18 Å². The van der Waals surface area contributed by atoms with Crippen LogP contribution in [0.2, 0.25) is 0 Å². The van der Waals surface area contributed by atoms with Crippen molar-refractivity contribution in [2.45, 2.75) is 6.42 Å². The molecule has 0 bridgehead atoms. The lowest BCUT2D eigenvalue weighted by molar-refractivity contribution is 0.101. The van der Waals surface area contributed by atoms with Crippen LogP contribution in [0.1, 0.15) is 22.3 Å². The Kier molecular flexibility index (Phi) is 5.38. The monoisotopic (exact) mass is 417 g/mol. The fourth-order valence-corrected chi connectivity index (χ4v) is 4.35. The molecule has 5 rings (SSSR count). The van der Waals surface area contributed by atoms with Gasteiger partial charge < -0.3 is 9.64 Å². The number of rotatable bonds is 6. The number of piperazine rings is 1. The van der Waals surface area contributed by atoms with Gasteiger partial charge in [-0.05, 0) is 42.1 Å². The Bertz CT molecular complexity index is 1150. The van der Waals surface area contributed by atoms with Crippen molar-refractivity contribution in [2.75, 3.05) is 44.2 Å². The summed E-state index contributed by atoms with van der Waals surface area (Å²) in [6, 6.07) is 16.7. The number of fused-ring (bicyclic) bond motifs is 2. The van der Waals surface area contributed by atoms with Gasteiger partial charge >= 0.3 is 0 Å². The minimum Gasteiger partial charge on any atom is -0.494 e. The van der Waals surface area contributed by atoms with Crippen LogP contribution in [-0.4, -0.2) is 56.4 Å². The van der Waals surface area contributed by atoms with Crippen LogP contribution in [0.15, 0.2) is 59.6 Å². The predicted octanol–water partition coefficient (Wildman–Crippen LogP) is 4.14. The molecule has 1 saturated heterocycles. The first-order chi connectivity index (χ1) is 15.2. The molecule has 0 aliphatic carbocycles. The fraction of sp³-hybridized carbons (Fsp3) is 0.280. The summed E-state index contributed by atoms with van der Waals surface area (Å²) in [6.45, 7) is 5.18. The molecule has 3 aromatic carbocycles. The summed E-state index contributed by atoms with van der Waals surface area (Å²) in [5.74, 6) is 0.345. The molecule has 2 aliphatic rings. The minimum absolute atomic E-state index is 0.160. The molecule has 0 saturated carbocycles. The molecule has 0 spiro atoms. The molecule has 0 radical (unpaired) electrons. The Morgan fingerprint density at radius 3 is 2.65 bits per heavy atom. The predicted molar refractivity (Wildman–Crippen MR) is 121 cm³/mol. The summed E-state index contributed by atoms with van der Waals surface area (Å²) >= 11 is 0. The molecule has 6 heteroatoms. The maximum atomic E-state index is 14.4. The second kappa shape index (κ2) is 8.47. The van der Waals surface area contributed by atoms with E-state index in [2.05, 4.69) is 14.8 Å². The number of benzene rings is 3. The van der Waals surface area contributed by atoms with Gasteiger partial charge in [0.15, 0.2) is 0 Å². The average Bonchev–Trinajstić information content (AvgIpc) is 3.17. The fourth-order valence-electron chi connectivity index (χ4n) is 4.35. The lowest BCUT2D eigenvalue weighted by atomic mass is 10.1. The van der Waals surface area contributed by atoms with Gasteiger partial charge in [0.05, 0.1) is 12.2 Å². The molecule has 0 atom stereocenters. The molecule has 0 N–H and O–H groups in total. The van der Waals surface area contributed by atoms with Gasteiger partial charge in [0, 0.05) is 55.6 Å². The molecule has 5 nitrogen and oxygen atoms in total. The maximum absolute atomic E-state index is 14.4. The van der Waals surface area contributed by atoms with Crippen molar-refractivity contribution in [3.05, 3.63) is 71.5 Å². The topological polar surface area (TPSA) is 45.1 Å². The van der Waals surface area contributed by atoms with Crippen LogP contribution in [0, 0.1) is 5.82 Å². The number of hydrogen-bond donors (Lipinski definition) is 0. The second-order valence-corrected chi connectivity index (χ2v) is 7.96. The van der Waals surface area contributed by atoms with Gasteiger partial charge in [-0.25, -0.2) is 9.38 Å². The average molecular weight is 417 g/mol. The zero-order valence-electron chi connectivity index (χ0n) is 17.3. The summed E-state index contributed by atoms with van der Waals surface area (Å²) in [4.78, 5) is 20.2. The van der Waals surface area contributed by atoms with Crippen molar-refractivity contribution in [3.63, 3.8) is 0 Å². The number of anilines is 1. The molecule has 2 heterocycles. The highest BCUT2D eigenvalue weighted by molar-refractivity contribution is 6.13. The number of aliphatic imine (C=N–C) groups is 1. The van der Waals surface area contributed by atoms with E-state index in [4.69, 9.17) is 4.74 Å². The molecule has 0 aromatic heterocycles. The number of nitrogens with zero attached hydrogens (tertiary/aromatic N) is 3. The lowest BCUT2D eigenvalue weighted by Gasteiger charge is -2.36. The molecular weight excluding hydrogens is 393 g/mol. The van der Waals surface area contributed by atoms with Gasteiger partial charge in [0.1, 0.15) is 11.6 Å². The third kappa shape index (κ3) is 4.03. The largest absolute Gasteiger partial charge is 0.494 e. The van der Waals surface area contributed by atoms with Crippen LogP contribution < -0.4 is 9.64 Å². The Morgan fingerprint density at radius 2 is 1.81 bits per heavy atom. The van der Waals surface area contributed by atoms with Crippen LogP contribution in [0.4, 0.5) is 10.1 Å². The van der Waals surface area contributed by atoms with E-state index in [0.29, 0.717) is 23.3 Å². The molecule has 3 aromatic rings. The van der Waals surface area contributed by atoms with Crippen molar-refractivity contribution < 1.29 is 13.9 Å². The zero-order chi connectivity index (χ0) is 21.2. The minimum atomic E-state index is -0.204. The van der Waals surface area contributed by atoms with Crippen molar-refractivity contribution in [1.29, 1.82) is 0 Å². The summed E-state index contributed by atoms with van der Waals surface area (Å²) < 4.78 is 20.3. The molecular formula is C25H24FN3O2. The van der Waals surface area contributed by atoms with Crippen molar-refractivity contribution in [3.8, 4) is 5.75 Å². The Hall–Kier alpha value is -3.25. The Labute approximate surface area is 180 Å². The first-order valence-corrected chi connectivity index (χ1v) is 10.7. The van der Waals surface area contributed by atoms with Gasteiger partial charge in [0.25, 0.3) is 5.91 Å². The van der Waals surface area contributed by atoms with E-state index in [0.717, 1.165) is 55.8 Å². The quantitative estimate of drug-likeness (QED) is 0.566. The third-order valence-electron chi connectivity index (χ3n) is 6.01. The number of carbonyl (C=O) groups excluding carboxylic acids is 1. The van der Waals surface area contributed by atoms with Crippen molar-refractivity contribution in [1.82, 2.24) is 4.90 Å². The van der Waals surface area contributed by atoms with Gasteiger partial charge in [-0.3, -0.25) is 9.69 Å². The molecule has 0 unspecified atom stereocenters. The first-order valence-electron chi connectivity index (χ1n) is 10.7. The zero-order valence-corrected chi connectivity index (χ0v) is 17.3. The van der Waals surface area contributed by atoms with E-state index in [1.165, 1.54) is 6.07 Å². The van der Waals surface area contributed by atoms with Gasteiger partial charge in [-0.2, -0.15) is 0 Å². The number of amides is 1. The molecule has 1 amide bonds. The number of ether oxygens (including phenoxy) is 1. The summed E-state index contributed by atoms with van der Waals surface area (Å²) in [5, 5.41) is 1.65. The lowest BCUT2D eigenvalue weighted by Crippen LogP contribution is -2.46. The standard InChI is InChI=1S/C25H24FN3O2/c26-22-6-1-4-18-5-2-7-23(24(18)22)29-13-11-28(12-14-29)10-3-15-31-20-9-8-19-17-27-25(30)21(19)16-20/h1-2,4-9,16-17H,3,10-15H2. The van der Waals surface area contributed by atoms with E-state index in [1.54, 1.807) is 18.3 Å². The summed E-state index contributed by atoms with van der Waals surface area (Å²) in [5.41, 5.74) is 2.44. The van der Waals surface area contributed by atoms with Crippen LogP contribution in [-0.2, 0) is 0 Å². The van der Waals surface area contributed by atoms with Crippen LogP contribution in [0.5, 0.6) is 5.75 Å². The first kappa shape index (κ1) is 19.7.